The van der Waals surface area contributed by atoms with Crippen molar-refractivity contribution in [3.63, 3.8) is 0 Å². The van der Waals surface area contributed by atoms with E-state index in [1.54, 1.807) is 0 Å². The van der Waals surface area contributed by atoms with Gasteiger partial charge in [-0.3, -0.25) is 0 Å². The van der Waals surface area contributed by atoms with Gasteiger partial charge in [0.25, 0.3) is 0 Å². The van der Waals surface area contributed by atoms with Gasteiger partial charge >= 0.3 is 0 Å². The molecule has 3 aliphatic carbocycles. The Morgan fingerprint density at radius 1 is 0.289 bits per heavy atom. The minimum atomic E-state index is -0.371. The molecule has 0 bridgehead atoms. The van der Waals surface area contributed by atoms with Crippen molar-refractivity contribution in [1.29, 1.82) is 0 Å². The largest absolute Gasteiger partial charge is 0.0725 e. The van der Waals surface area contributed by atoms with Crippen molar-refractivity contribution in [2.45, 2.75) is 5.41 Å². The summed E-state index contributed by atoms with van der Waals surface area (Å²) >= 11 is 0. The zero-order chi connectivity index (χ0) is 29.3. The second kappa shape index (κ2) is 8.25. The van der Waals surface area contributed by atoms with Crippen LogP contribution in [-0.4, -0.2) is 0 Å². The van der Waals surface area contributed by atoms with Gasteiger partial charge in [0.1, 0.15) is 0 Å². The molecule has 11 rings (SSSR count). The topological polar surface area (TPSA) is 0 Å². The number of benzene rings is 8. The van der Waals surface area contributed by atoms with E-state index in [0.29, 0.717) is 0 Å². The van der Waals surface area contributed by atoms with E-state index in [1.807, 2.05) is 0 Å². The fourth-order valence-electron chi connectivity index (χ4n) is 9.16. The van der Waals surface area contributed by atoms with Crippen molar-refractivity contribution in [3.8, 4) is 55.6 Å². The molecule has 8 aromatic rings. The van der Waals surface area contributed by atoms with Crippen LogP contribution in [0.5, 0.6) is 0 Å². The number of hydrogen-bond donors (Lipinski definition) is 0. The SMILES string of the molecule is c1ccc2c(c1)-c1ccccc1C21c2ccccc2-c2cccc3c(-c4ccc5c(c4)-c4cccc6cccc-5c46)ccc1c23. The van der Waals surface area contributed by atoms with E-state index < -0.39 is 0 Å². The Balaban J connectivity index is 1.23. The van der Waals surface area contributed by atoms with E-state index in [4.69, 9.17) is 0 Å². The van der Waals surface area contributed by atoms with Crippen LogP contribution in [0.1, 0.15) is 22.3 Å². The molecule has 0 heterocycles. The van der Waals surface area contributed by atoms with Gasteiger partial charge in [-0.15, -0.1) is 0 Å². The summed E-state index contributed by atoms with van der Waals surface area (Å²) in [5.41, 5.74) is 18.4. The molecule has 0 aliphatic heterocycles. The van der Waals surface area contributed by atoms with Crippen molar-refractivity contribution in [2.24, 2.45) is 0 Å². The third-order valence-electron chi connectivity index (χ3n) is 10.8. The van der Waals surface area contributed by atoms with Crippen molar-refractivity contribution < 1.29 is 0 Å². The lowest BCUT2D eigenvalue weighted by Crippen LogP contribution is -2.31. The third kappa shape index (κ3) is 2.75. The first kappa shape index (κ1) is 23.7. The summed E-state index contributed by atoms with van der Waals surface area (Å²) in [6, 6.07) is 59.5. The Morgan fingerprint density at radius 2 is 0.800 bits per heavy atom. The molecule has 206 valence electrons. The molecule has 1 spiro atoms. The smallest absolute Gasteiger partial charge is 0.0619 e. The summed E-state index contributed by atoms with van der Waals surface area (Å²) < 4.78 is 0. The summed E-state index contributed by atoms with van der Waals surface area (Å²) in [5.74, 6) is 0. The number of rotatable bonds is 1. The van der Waals surface area contributed by atoms with Gasteiger partial charge in [0.15, 0.2) is 0 Å². The zero-order valence-electron chi connectivity index (χ0n) is 24.5. The lowest BCUT2D eigenvalue weighted by molar-refractivity contribution is 0.773. The van der Waals surface area contributed by atoms with Gasteiger partial charge in [-0.05, 0) is 105 Å². The molecule has 0 heteroatoms. The van der Waals surface area contributed by atoms with Gasteiger partial charge in [-0.25, -0.2) is 0 Å². The second-order valence-electron chi connectivity index (χ2n) is 12.7. The Bertz CT molecular complexity index is 2550. The first-order chi connectivity index (χ1) is 22.3. The highest BCUT2D eigenvalue weighted by Gasteiger charge is 2.49. The molecule has 0 atom stereocenters. The van der Waals surface area contributed by atoms with Crippen molar-refractivity contribution >= 4 is 21.5 Å². The second-order valence-corrected chi connectivity index (χ2v) is 12.7. The molecule has 0 radical (unpaired) electrons. The Hall–Kier alpha value is -5.72. The molecule has 0 saturated heterocycles. The third-order valence-corrected chi connectivity index (χ3v) is 10.8. The minimum absolute atomic E-state index is 0.371. The predicted molar refractivity (Wildman–Crippen MR) is 188 cm³/mol. The van der Waals surface area contributed by atoms with E-state index in [1.165, 1.54) is 99.4 Å². The molecule has 0 amide bonds. The summed E-state index contributed by atoms with van der Waals surface area (Å²) in [5, 5.41) is 5.37. The maximum atomic E-state index is 2.44. The van der Waals surface area contributed by atoms with Crippen LogP contribution in [0.3, 0.4) is 0 Å². The standard InChI is InChI=1S/C45H26/c1-4-19-39-31(12-1)32-13-2-5-20-40(32)45(39)41-21-6-3-14-33(41)36-18-9-17-34-29(24-25-42(45)44(34)36)28-22-23-30-35-15-7-10-27-11-8-16-37(43(27)35)38(30)26-28/h1-26H. The molecule has 0 aromatic heterocycles. The van der Waals surface area contributed by atoms with Gasteiger partial charge in [0.05, 0.1) is 5.41 Å². The fourth-order valence-corrected chi connectivity index (χ4v) is 9.16. The van der Waals surface area contributed by atoms with Gasteiger partial charge < -0.3 is 0 Å². The average Bonchev–Trinajstić information content (AvgIpc) is 3.59. The summed E-state index contributed by atoms with van der Waals surface area (Å²) in [4.78, 5) is 0. The Kier molecular flexibility index (Phi) is 4.35. The summed E-state index contributed by atoms with van der Waals surface area (Å²) in [6.07, 6.45) is 0. The highest BCUT2D eigenvalue weighted by molar-refractivity contribution is 6.17. The molecule has 0 saturated carbocycles. The normalized spacial score (nSPS) is 14.0. The first-order valence-corrected chi connectivity index (χ1v) is 15.9. The number of fused-ring (bicyclic) bond motifs is 12. The van der Waals surface area contributed by atoms with Crippen LogP contribution in [0.2, 0.25) is 0 Å². The van der Waals surface area contributed by atoms with Crippen molar-refractivity contribution in [1.82, 2.24) is 0 Å². The van der Waals surface area contributed by atoms with Crippen LogP contribution >= 0.6 is 0 Å². The lowest BCUT2D eigenvalue weighted by Gasteiger charge is -2.40. The fraction of sp³-hybridized carbons (Fsp3) is 0.0222. The van der Waals surface area contributed by atoms with E-state index in [-0.39, 0.29) is 5.41 Å². The van der Waals surface area contributed by atoms with Gasteiger partial charge in [-0.2, -0.15) is 0 Å². The molecule has 8 aromatic carbocycles. The lowest BCUT2D eigenvalue weighted by atomic mass is 9.61. The minimum Gasteiger partial charge on any atom is -0.0619 e. The van der Waals surface area contributed by atoms with Crippen LogP contribution in [0, 0.1) is 0 Å². The monoisotopic (exact) mass is 566 g/mol. The zero-order valence-corrected chi connectivity index (χ0v) is 24.5. The first-order valence-electron chi connectivity index (χ1n) is 15.9. The van der Waals surface area contributed by atoms with Gasteiger partial charge in [0.2, 0.25) is 0 Å². The van der Waals surface area contributed by atoms with Crippen LogP contribution in [0.4, 0.5) is 0 Å². The highest BCUT2D eigenvalue weighted by Crippen LogP contribution is 2.62. The van der Waals surface area contributed by atoms with E-state index >= 15 is 0 Å². The van der Waals surface area contributed by atoms with E-state index in [0.717, 1.165) is 0 Å². The van der Waals surface area contributed by atoms with Crippen LogP contribution < -0.4 is 0 Å². The van der Waals surface area contributed by atoms with Crippen LogP contribution in [0.25, 0.3) is 77.2 Å². The van der Waals surface area contributed by atoms with E-state index in [2.05, 4.69) is 158 Å². The number of hydrogen-bond acceptors (Lipinski definition) is 0. The molecule has 3 aliphatic rings. The van der Waals surface area contributed by atoms with Gasteiger partial charge in [0, 0.05) is 0 Å². The molecule has 0 N–H and O–H groups in total. The molecular formula is C45H26. The molecule has 0 unspecified atom stereocenters. The summed E-state index contributed by atoms with van der Waals surface area (Å²) in [7, 11) is 0. The molecular weight excluding hydrogens is 540 g/mol. The maximum absolute atomic E-state index is 2.44. The van der Waals surface area contributed by atoms with Crippen molar-refractivity contribution in [3.05, 3.63) is 180 Å². The van der Waals surface area contributed by atoms with E-state index in [9.17, 15) is 0 Å². The Labute approximate surface area is 261 Å². The van der Waals surface area contributed by atoms with Crippen LogP contribution in [0.15, 0.2) is 158 Å². The quantitative estimate of drug-likeness (QED) is 0.185. The van der Waals surface area contributed by atoms with Crippen molar-refractivity contribution in [2.75, 3.05) is 0 Å². The molecule has 0 nitrogen and oxygen atoms in total. The van der Waals surface area contributed by atoms with Gasteiger partial charge in [-0.1, -0.05) is 152 Å². The predicted octanol–water partition coefficient (Wildman–Crippen LogP) is 11.7. The molecule has 45 heavy (non-hydrogen) atoms. The Morgan fingerprint density at radius 3 is 1.47 bits per heavy atom. The van der Waals surface area contributed by atoms with Crippen LogP contribution in [-0.2, 0) is 5.41 Å². The molecule has 0 fully saturated rings. The summed E-state index contributed by atoms with van der Waals surface area (Å²) in [6.45, 7) is 0. The highest BCUT2D eigenvalue weighted by atomic mass is 14.5. The average molecular weight is 567 g/mol. The maximum Gasteiger partial charge on any atom is 0.0725 e.